The van der Waals surface area contributed by atoms with E-state index in [0.717, 1.165) is 13.1 Å². The Morgan fingerprint density at radius 1 is 1.30 bits per heavy atom. The van der Waals surface area contributed by atoms with Crippen LogP contribution in [0.4, 0.5) is 5.69 Å². The molecule has 1 unspecified atom stereocenters. The van der Waals surface area contributed by atoms with E-state index in [0.29, 0.717) is 11.5 Å². The van der Waals surface area contributed by atoms with E-state index >= 15 is 0 Å². The molecule has 1 aliphatic rings. The van der Waals surface area contributed by atoms with Gasteiger partial charge in [0.05, 0.1) is 0 Å². The summed E-state index contributed by atoms with van der Waals surface area (Å²) < 4.78 is 0. The maximum absolute atomic E-state index is 3.62. The molecule has 0 aliphatic carbocycles. The van der Waals surface area contributed by atoms with Gasteiger partial charge in [-0.1, -0.05) is 45.9 Å². The van der Waals surface area contributed by atoms with E-state index in [1.807, 2.05) is 0 Å². The Labute approximate surface area is 124 Å². The molecule has 2 nitrogen and oxygen atoms in total. The van der Waals surface area contributed by atoms with Crippen molar-refractivity contribution < 1.29 is 0 Å². The predicted molar refractivity (Wildman–Crippen MR) is 88.5 cm³/mol. The number of rotatable bonds is 6. The normalized spacial score (nSPS) is 17.9. The lowest BCUT2D eigenvalue weighted by molar-refractivity contribution is 0.284. The number of benzene rings is 1. The zero-order valence-corrected chi connectivity index (χ0v) is 13.6. The summed E-state index contributed by atoms with van der Waals surface area (Å²) in [5, 5.41) is 3.62. The van der Waals surface area contributed by atoms with Gasteiger partial charge in [0.25, 0.3) is 0 Å². The summed E-state index contributed by atoms with van der Waals surface area (Å²) in [7, 11) is 0. The van der Waals surface area contributed by atoms with Gasteiger partial charge in [0.2, 0.25) is 0 Å². The highest BCUT2D eigenvalue weighted by atomic mass is 15.1. The molecule has 1 aromatic rings. The van der Waals surface area contributed by atoms with E-state index < -0.39 is 0 Å². The van der Waals surface area contributed by atoms with Crippen LogP contribution in [0, 0.1) is 5.41 Å². The summed E-state index contributed by atoms with van der Waals surface area (Å²) >= 11 is 0. The average molecular weight is 274 g/mol. The van der Waals surface area contributed by atoms with Crippen molar-refractivity contribution in [3.8, 4) is 0 Å². The summed E-state index contributed by atoms with van der Waals surface area (Å²) in [5.74, 6) is 0. The highest BCUT2D eigenvalue weighted by molar-refractivity contribution is 5.55. The molecule has 0 fully saturated rings. The zero-order chi connectivity index (χ0) is 14.6. The second-order valence-corrected chi connectivity index (χ2v) is 6.85. The summed E-state index contributed by atoms with van der Waals surface area (Å²) in [6.45, 7) is 12.6. The van der Waals surface area contributed by atoms with Crippen molar-refractivity contribution in [1.29, 1.82) is 0 Å². The molecule has 0 bridgehead atoms. The van der Waals surface area contributed by atoms with Crippen LogP contribution in [0.5, 0.6) is 0 Å². The Morgan fingerprint density at radius 3 is 2.75 bits per heavy atom. The number of nitrogens with one attached hydrogen (secondary N) is 1. The van der Waals surface area contributed by atoms with Gasteiger partial charge in [-0.2, -0.15) is 0 Å². The van der Waals surface area contributed by atoms with Gasteiger partial charge in [0.1, 0.15) is 0 Å². The third kappa shape index (κ3) is 3.76. The van der Waals surface area contributed by atoms with Crippen molar-refractivity contribution in [2.45, 2.75) is 53.0 Å². The lowest BCUT2D eigenvalue weighted by atomic mass is 9.85. The lowest BCUT2D eigenvalue weighted by Crippen LogP contribution is -2.45. The quantitative estimate of drug-likeness (QED) is 0.847. The van der Waals surface area contributed by atoms with Crippen LogP contribution in [0.25, 0.3) is 0 Å². The third-order valence-electron chi connectivity index (χ3n) is 4.57. The molecule has 0 aromatic heterocycles. The fraction of sp³-hybridized carbons (Fsp3) is 0.667. The lowest BCUT2D eigenvalue weighted by Gasteiger charge is -2.39. The zero-order valence-electron chi connectivity index (χ0n) is 13.6. The molecule has 0 saturated carbocycles. The van der Waals surface area contributed by atoms with Gasteiger partial charge in [0.15, 0.2) is 0 Å². The highest BCUT2D eigenvalue weighted by Crippen LogP contribution is 2.31. The molecule has 0 amide bonds. The minimum Gasteiger partial charge on any atom is -0.371 e. The van der Waals surface area contributed by atoms with Crippen molar-refractivity contribution in [1.82, 2.24) is 5.32 Å². The molecule has 1 aromatic carbocycles. The van der Waals surface area contributed by atoms with Gasteiger partial charge in [-0.25, -0.2) is 0 Å². The third-order valence-corrected chi connectivity index (χ3v) is 4.57. The van der Waals surface area contributed by atoms with E-state index in [1.54, 1.807) is 0 Å². The monoisotopic (exact) mass is 274 g/mol. The van der Waals surface area contributed by atoms with Crippen molar-refractivity contribution in [2.24, 2.45) is 5.41 Å². The van der Waals surface area contributed by atoms with Crippen LogP contribution < -0.4 is 10.2 Å². The minimum absolute atomic E-state index is 0.342. The summed E-state index contributed by atoms with van der Waals surface area (Å²) in [6.07, 6.45) is 3.74. The molecule has 1 aliphatic heterocycles. The van der Waals surface area contributed by atoms with Gasteiger partial charge >= 0.3 is 0 Å². The first-order chi connectivity index (χ1) is 9.54. The van der Waals surface area contributed by atoms with Crippen LogP contribution in [0.3, 0.4) is 0 Å². The Balaban J connectivity index is 2.08. The van der Waals surface area contributed by atoms with Gasteiger partial charge < -0.3 is 10.2 Å². The van der Waals surface area contributed by atoms with E-state index in [-0.39, 0.29) is 0 Å². The van der Waals surface area contributed by atoms with Gasteiger partial charge in [-0.15, -0.1) is 0 Å². The number of hydrogen-bond acceptors (Lipinski definition) is 2. The van der Waals surface area contributed by atoms with Crippen LogP contribution in [0.1, 0.15) is 46.1 Å². The van der Waals surface area contributed by atoms with Crippen molar-refractivity contribution in [3.63, 3.8) is 0 Å². The van der Waals surface area contributed by atoms with E-state index in [9.17, 15) is 0 Å². The first kappa shape index (κ1) is 15.4. The number of aryl methyl sites for hydroxylation is 1. The first-order valence-corrected chi connectivity index (χ1v) is 8.10. The van der Waals surface area contributed by atoms with Crippen LogP contribution in [0.15, 0.2) is 24.3 Å². The largest absolute Gasteiger partial charge is 0.371 e. The predicted octanol–water partition coefficient (Wildman–Crippen LogP) is 3.85. The van der Waals surface area contributed by atoms with Crippen molar-refractivity contribution in [2.75, 3.05) is 24.5 Å². The molecular weight excluding hydrogens is 244 g/mol. The van der Waals surface area contributed by atoms with Gasteiger partial charge in [-0.3, -0.25) is 0 Å². The van der Waals surface area contributed by atoms with Gasteiger partial charge in [-0.05, 0) is 36.3 Å². The Morgan fingerprint density at radius 2 is 2.05 bits per heavy atom. The van der Waals surface area contributed by atoms with Crippen LogP contribution in [-0.2, 0) is 6.42 Å². The number of hydrogen-bond donors (Lipinski definition) is 1. The minimum atomic E-state index is 0.342. The number of fused-ring (bicyclic) bond motifs is 1. The molecule has 20 heavy (non-hydrogen) atoms. The fourth-order valence-electron chi connectivity index (χ4n) is 2.98. The molecule has 0 radical (unpaired) electrons. The number of anilines is 1. The van der Waals surface area contributed by atoms with Crippen LogP contribution in [0.2, 0.25) is 0 Å². The summed E-state index contributed by atoms with van der Waals surface area (Å²) in [4.78, 5) is 2.60. The molecule has 1 heterocycles. The summed E-state index contributed by atoms with van der Waals surface area (Å²) in [5.41, 5.74) is 3.33. The van der Waals surface area contributed by atoms with Crippen LogP contribution >= 0.6 is 0 Å². The number of nitrogens with zero attached hydrogens (tertiary/aromatic N) is 1. The Bertz CT molecular complexity index is 427. The maximum Gasteiger partial charge on any atom is 0.0398 e. The molecule has 2 rings (SSSR count). The maximum atomic E-state index is 3.62. The molecule has 0 spiro atoms. The molecule has 0 saturated heterocycles. The van der Waals surface area contributed by atoms with E-state index in [2.05, 4.69) is 62.2 Å². The smallest absolute Gasteiger partial charge is 0.0398 e. The fourth-order valence-corrected chi connectivity index (χ4v) is 2.98. The average Bonchev–Trinajstić information content (AvgIpc) is 2.46. The molecule has 1 N–H and O–H groups in total. The van der Waals surface area contributed by atoms with Gasteiger partial charge in [0, 0.05) is 31.4 Å². The van der Waals surface area contributed by atoms with E-state index in [4.69, 9.17) is 0 Å². The SMILES string of the molecule is CCC(C)(CNC(C)C)CN1CCCc2ccccc21. The second-order valence-electron chi connectivity index (χ2n) is 6.85. The summed E-state index contributed by atoms with van der Waals surface area (Å²) in [6, 6.07) is 9.49. The van der Waals surface area contributed by atoms with Crippen molar-refractivity contribution >= 4 is 5.69 Å². The van der Waals surface area contributed by atoms with Crippen LogP contribution in [-0.4, -0.2) is 25.7 Å². The topological polar surface area (TPSA) is 15.3 Å². The first-order valence-electron chi connectivity index (χ1n) is 8.10. The van der Waals surface area contributed by atoms with E-state index in [1.165, 1.54) is 37.1 Å². The van der Waals surface area contributed by atoms with Crippen molar-refractivity contribution in [3.05, 3.63) is 29.8 Å². The number of para-hydroxylation sites is 1. The Kier molecular flexibility index (Phi) is 5.09. The molecular formula is C18H30N2. The molecule has 1 atom stereocenters. The second kappa shape index (κ2) is 6.62. The standard InChI is InChI=1S/C18H30N2/c1-5-18(4,13-19-15(2)3)14-20-12-8-10-16-9-6-7-11-17(16)20/h6-7,9,11,15,19H,5,8,10,12-14H2,1-4H3. The Hall–Kier alpha value is -1.02. The molecule has 2 heteroatoms. The molecule has 112 valence electrons. The highest BCUT2D eigenvalue weighted by Gasteiger charge is 2.27.